The highest BCUT2D eigenvalue weighted by Gasteiger charge is 2.20. The number of phenols is 1. The van der Waals surface area contributed by atoms with Gasteiger partial charge in [0.15, 0.2) is 11.6 Å². The number of carbonyl (C=O) groups is 1. The molecule has 0 spiro atoms. The van der Waals surface area contributed by atoms with Crippen molar-refractivity contribution in [1.82, 2.24) is 19.7 Å². The second kappa shape index (κ2) is 9.61. The van der Waals surface area contributed by atoms with Gasteiger partial charge in [-0.25, -0.2) is 14.8 Å². The van der Waals surface area contributed by atoms with E-state index in [0.717, 1.165) is 0 Å². The van der Waals surface area contributed by atoms with E-state index < -0.39 is 5.91 Å². The molecule has 0 fully saturated rings. The van der Waals surface area contributed by atoms with E-state index in [-0.39, 0.29) is 34.5 Å². The Kier molecular flexibility index (Phi) is 6.05. The van der Waals surface area contributed by atoms with Gasteiger partial charge in [-0.2, -0.15) is 9.78 Å². The number of hydrogen-bond donors (Lipinski definition) is 2. The Hall–Kier alpha value is -5.14. The number of azo groups is 1. The average molecular weight is 495 g/mol. The van der Waals surface area contributed by atoms with E-state index in [2.05, 4.69) is 35.5 Å². The van der Waals surface area contributed by atoms with Crippen molar-refractivity contribution in [2.45, 2.75) is 0 Å². The molecule has 0 saturated carbocycles. The largest absolute Gasteiger partial charge is 0.505 e. The number of nitrogens with zero attached hydrogens (tertiary/aromatic N) is 7. The number of aromatic nitrogens is 4. The molecule has 174 valence electrons. The number of rotatable bonds is 5. The normalized spacial score (nSPS) is 11.0. The number of halogens is 1. The Morgan fingerprint density at radius 3 is 2.64 bits per heavy atom. The zero-order valence-corrected chi connectivity index (χ0v) is 19.1. The van der Waals surface area contributed by atoms with Gasteiger partial charge in [0.25, 0.3) is 17.5 Å². The lowest BCUT2D eigenvalue weighted by atomic mass is 10.0. The Bertz CT molecular complexity index is 1680. The second-order valence-electron chi connectivity index (χ2n) is 7.43. The summed E-state index contributed by atoms with van der Waals surface area (Å²) in [6.45, 7) is 7.42. The van der Waals surface area contributed by atoms with E-state index in [4.69, 9.17) is 18.2 Å². The molecule has 0 radical (unpaired) electrons. The second-order valence-corrected chi connectivity index (χ2v) is 7.87. The molecular formula is C25H15ClN8O2. The molecule has 2 heterocycles. The molecule has 0 atom stereocenters. The highest BCUT2D eigenvalue weighted by Crippen LogP contribution is 2.39. The van der Waals surface area contributed by atoms with Crippen LogP contribution in [0.15, 0.2) is 89.5 Å². The highest BCUT2D eigenvalue weighted by molar-refractivity contribution is 6.31. The fourth-order valence-electron chi connectivity index (χ4n) is 3.54. The van der Waals surface area contributed by atoms with Crippen LogP contribution >= 0.6 is 11.6 Å². The maximum Gasteiger partial charge on any atom is 0.260 e. The third-order valence-corrected chi connectivity index (χ3v) is 5.39. The summed E-state index contributed by atoms with van der Waals surface area (Å²) in [6, 6.07) is 17.0. The number of aromatic hydroxyl groups is 1. The van der Waals surface area contributed by atoms with Gasteiger partial charge in [0.1, 0.15) is 5.69 Å². The minimum Gasteiger partial charge on any atom is -0.505 e. The fraction of sp³-hybridized carbons (Fsp3) is 0. The summed E-state index contributed by atoms with van der Waals surface area (Å²) < 4.78 is 1.27. The van der Waals surface area contributed by atoms with Crippen LogP contribution in [0.4, 0.5) is 22.9 Å². The molecule has 0 unspecified atom stereocenters. The lowest BCUT2D eigenvalue weighted by molar-refractivity contribution is 0.102. The Morgan fingerprint density at radius 2 is 1.86 bits per heavy atom. The molecule has 36 heavy (non-hydrogen) atoms. The molecule has 1 amide bonds. The first kappa shape index (κ1) is 22.6. The summed E-state index contributed by atoms with van der Waals surface area (Å²) in [6.07, 6.45) is 4.38. The van der Waals surface area contributed by atoms with Crippen molar-refractivity contribution >= 4 is 51.2 Å². The zero-order valence-electron chi connectivity index (χ0n) is 18.4. The lowest BCUT2D eigenvalue weighted by Crippen LogP contribution is -2.12. The molecule has 10 nitrogen and oxygen atoms in total. The fourth-order valence-corrected chi connectivity index (χ4v) is 3.73. The quantitative estimate of drug-likeness (QED) is 0.216. The van der Waals surface area contributed by atoms with Gasteiger partial charge in [-0.15, -0.1) is 10.2 Å². The van der Waals surface area contributed by atoms with Crippen molar-refractivity contribution in [2.24, 2.45) is 10.2 Å². The number of nitrogens with one attached hydrogen (secondary N) is 1. The van der Waals surface area contributed by atoms with Crippen LogP contribution in [0.5, 0.6) is 5.75 Å². The molecule has 2 N–H and O–H groups in total. The summed E-state index contributed by atoms with van der Waals surface area (Å²) in [5, 5.41) is 27.9. The number of anilines is 1. The monoisotopic (exact) mass is 494 g/mol. The third-order valence-electron chi connectivity index (χ3n) is 5.15. The summed E-state index contributed by atoms with van der Waals surface area (Å²) in [7, 11) is 0. The average Bonchev–Trinajstić information content (AvgIpc) is 3.31. The molecular weight excluding hydrogens is 480 g/mol. The van der Waals surface area contributed by atoms with Crippen LogP contribution < -0.4 is 5.32 Å². The Balaban J connectivity index is 1.60. The first-order valence-corrected chi connectivity index (χ1v) is 10.9. The number of benzene rings is 3. The predicted molar refractivity (Wildman–Crippen MR) is 135 cm³/mol. The van der Waals surface area contributed by atoms with Crippen molar-refractivity contribution < 1.29 is 9.90 Å². The molecule has 0 aliphatic carbocycles. The van der Waals surface area contributed by atoms with Crippen molar-refractivity contribution in [2.75, 3.05) is 5.32 Å². The topological polar surface area (TPSA) is 122 Å². The molecule has 0 saturated heterocycles. The van der Waals surface area contributed by atoms with Crippen LogP contribution in [-0.4, -0.2) is 30.8 Å². The number of amides is 1. The van der Waals surface area contributed by atoms with Gasteiger partial charge in [-0.05, 0) is 41.1 Å². The van der Waals surface area contributed by atoms with Gasteiger partial charge in [0, 0.05) is 23.1 Å². The van der Waals surface area contributed by atoms with Crippen molar-refractivity contribution in [3.05, 3.63) is 101 Å². The molecule has 0 bridgehead atoms. The third kappa shape index (κ3) is 4.34. The van der Waals surface area contributed by atoms with Crippen LogP contribution in [-0.2, 0) is 0 Å². The molecule has 2 aromatic heterocycles. The maximum atomic E-state index is 13.2. The van der Waals surface area contributed by atoms with E-state index in [9.17, 15) is 9.90 Å². The van der Waals surface area contributed by atoms with Gasteiger partial charge in [0.05, 0.1) is 18.3 Å². The standard InChI is InChI=1S/C25H15ClN8O2/c1-27-20-14-30-34(25-28-10-5-11-29-25)23(20)33-32-19-12-15-6-2-3-9-18(15)21(22(19)35)24(36)31-17-8-4-7-16(26)13-17/h2-14,35H,(H,31,36). The van der Waals surface area contributed by atoms with Crippen LogP contribution in [0.3, 0.4) is 0 Å². The Morgan fingerprint density at radius 1 is 1.06 bits per heavy atom. The summed E-state index contributed by atoms with van der Waals surface area (Å²) in [5.41, 5.74) is 0.636. The number of phenolic OH excluding ortho intramolecular Hbond substituents is 1. The zero-order chi connectivity index (χ0) is 25.1. The smallest absolute Gasteiger partial charge is 0.260 e. The van der Waals surface area contributed by atoms with Gasteiger partial charge in [-0.3, -0.25) is 4.79 Å². The molecule has 0 aliphatic heterocycles. The summed E-state index contributed by atoms with van der Waals surface area (Å²) in [5.74, 6) is -0.643. The van der Waals surface area contributed by atoms with E-state index >= 15 is 0 Å². The van der Waals surface area contributed by atoms with Crippen molar-refractivity contribution in [3.8, 4) is 11.7 Å². The van der Waals surface area contributed by atoms with Crippen LogP contribution in [0, 0.1) is 6.57 Å². The van der Waals surface area contributed by atoms with Gasteiger partial charge in [0.2, 0.25) is 0 Å². The van der Waals surface area contributed by atoms with Crippen LogP contribution in [0.2, 0.25) is 5.02 Å². The predicted octanol–water partition coefficient (Wildman–Crippen LogP) is 6.39. The van der Waals surface area contributed by atoms with E-state index in [0.29, 0.717) is 21.5 Å². The van der Waals surface area contributed by atoms with Gasteiger partial charge >= 0.3 is 0 Å². The lowest BCUT2D eigenvalue weighted by Gasteiger charge is -2.12. The number of fused-ring (bicyclic) bond motifs is 1. The molecule has 5 aromatic rings. The Labute approximate surface area is 209 Å². The SMILES string of the molecule is [C-]#[N+]c1cnn(-c2ncccn2)c1N=Nc1cc2ccccc2c(C(=O)Nc2cccc(Cl)c2)c1O. The summed E-state index contributed by atoms with van der Waals surface area (Å²) >= 11 is 6.03. The van der Waals surface area contributed by atoms with E-state index in [1.807, 2.05) is 0 Å². The summed E-state index contributed by atoms with van der Waals surface area (Å²) in [4.78, 5) is 24.9. The molecule has 11 heteroatoms. The molecule has 5 rings (SSSR count). The first-order valence-electron chi connectivity index (χ1n) is 10.5. The number of hydrogen-bond acceptors (Lipinski definition) is 7. The van der Waals surface area contributed by atoms with Crippen molar-refractivity contribution in [3.63, 3.8) is 0 Å². The van der Waals surface area contributed by atoms with E-state index in [1.165, 1.54) is 23.3 Å². The van der Waals surface area contributed by atoms with Gasteiger partial charge in [-0.1, -0.05) is 41.9 Å². The minimum atomic E-state index is -0.549. The highest BCUT2D eigenvalue weighted by atomic mass is 35.5. The first-order chi connectivity index (χ1) is 17.5. The van der Waals surface area contributed by atoms with Crippen LogP contribution in [0.25, 0.3) is 21.6 Å². The number of carbonyl (C=O) groups excluding carboxylic acids is 1. The van der Waals surface area contributed by atoms with Crippen molar-refractivity contribution in [1.29, 1.82) is 0 Å². The van der Waals surface area contributed by atoms with E-state index in [1.54, 1.807) is 60.7 Å². The van der Waals surface area contributed by atoms with Gasteiger partial charge < -0.3 is 10.4 Å². The van der Waals surface area contributed by atoms with Crippen LogP contribution in [0.1, 0.15) is 10.4 Å². The molecule has 0 aliphatic rings. The minimum absolute atomic E-state index is 0.0207. The maximum absolute atomic E-state index is 13.2. The molecule has 3 aromatic carbocycles.